The van der Waals surface area contributed by atoms with Crippen LogP contribution in [0.3, 0.4) is 0 Å². The molecule has 0 saturated carbocycles. The topological polar surface area (TPSA) is 21.3 Å². The zero-order valence-corrected chi connectivity index (χ0v) is 13.6. The SMILES string of the molecule is FC(F)Oc1ccc(NCc2cc(Br)ccc2Cl)cc1Cl. The molecule has 0 aliphatic rings. The Morgan fingerprint density at radius 1 is 1.10 bits per heavy atom. The Morgan fingerprint density at radius 3 is 2.52 bits per heavy atom. The summed E-state index contributed by atoms with van der Waals surface area (Å²) in [5.41, 5.74) is 1.58. The average Bonchev–Trinajstić information content (AvgIpc) is 2.42. The number of hydrogen-bond donors (Lipinski definition) is 1. The molecule has 0 fully saturated rings. The first-order chi connectivity index (χ1) is 9.95. The van der Waals surface area contributed by atoms with Crippen molar-refractivity contribution in [3.05, 3.63) is 56.5 Å². The van der Waals surface area contributed by atoms with Gasteiger partial charge in [0, 0.05) is 21.7 Å². The molecule has 0 spiro atoms. The van der Waals surface area contributed by atoms with Crippen molar-refractivity contribution in [3.63, 3.8) is 0 Å². The molecular formula is C14H10BrCl2F2NO. The van der Waals surface area contributed by atoms with Crippen molar-refractivity contribution < 1.29 is 13.5 Å². The van der Waals surface area contributed by atoms with Gasteiger partial charge in [0.05, 0.1) is 5.02 Å². The molecule has 0 saturated heterocycles. The number of halogens is 5. The van der Waals surface area contributed by atoms with E-state index in [1.165, 1.54) is 12.1 Å². The second-order valence-corrected chi connectivity index (χ2v) is 5.84. The first-order valence-electron chi connectivity index (χ1n) is 5.88. The highest BCUT2D eigenvalue weighted by Crippen LogP contribution is 2.29. The molecule has 2 aromatic rings. The van der Waals surface area contributed by atoms with Crippen LogP contribution in [0, 0.1) is 0 Å². The van der Waals surface area contributed by atoms with Gasteiger partial charge in [-0.15, -0.1) is 0 Å². The van der Waals surface area contributed by atoms with Gasteiger partial charge in [-0.25, -0.2) is 0 Å². The Kier molecular flexibility index (Phi) is 5.67. The van der Waals surface area contributed by atoms with Gasteiger partial charge in [0.15, 0.2) is 0 Å². The summed E-state index contributed by atoms with van der Waals surface area (Å²) in [6, 6.07) is 10.0. The largest absolute Gasteiger partial charge is 0.433 e. The van der Waals surface area contributed by atoms with E-state index in [0.29, 0.717) is 17.3 Å². The number of benzene rings is 2. The average molecular weight is 397 g/mol. The Bertz CT molecular complexity index is 640. The molecule has 7 heteroatoms. The lowest BCUT2D eigenvalue weighted by Crippen LogP contribution is -2.03. The van der Waals surface area contributed by atoms with Gasteiger partial charge in [-0.1, -0.05) is 39.1 Å². The minimum absolute atomic E-state index is 0.0577. The molecular weight excluding hydrogens is 387 g/mol. The summed E-state index contributed by atoms with van der Waals surface area (Å²) in [4.78, 5) is 0. The molecule has 0 aliphatic heterocycles. The van der Waals surface area contributed by atoms with Gasteiger partial charge >= 0.3 is 6.61 Å². The van der Waals surface area contributed by atoms with Crippen LogP contribution in [-0.4, -0.2) is 6.61 Å². The predicted molar refractivity (Wildman–Crippen MR) is 84.6 cm³/mol. The third-order valence-electron chi connectivity index (χ3n) is 2.64. The van der Waals surface area contributed by atoms with Gasteiger partial charge in [-0.3, -0.25) is 0 Å². The lowest BCUT2D eigenvalue weighted by Gasteiger charge is -2.11. The molecule has 2 rings (SSSR count). The highest BCUT2D eigenvalue weighted by molar-refractivity contribution is 9.10. The number of hydrogen-bond acceptors (Lipinski definition) is 2. The molecule has 1 N–H and O–H groups in total. The normalized spacial score (nSPS) is 10.8. The molecule has 2 aromatic carbocycles. The fourth-order valence-electron chi connectivity index (χ4n) is 1.68. The molecule has 0 radical (unpaired) electrons. The maximum atomic E-state index is 12.1. The molecule has 0 atom stereocenters. The highest BCUT2D eigenvalue weighted by atomic mass is 79.9. The number of rotatable bonds is 5. The molecule has 0 bridgehead atoms. The van der Waals surface area contributed by atoms with Gasteiger partial charge in [-0.2, -0.15) is 8.78 Å². The number of alkyl halides is 2. The van der Waals surface area contributed by atoms with Crippen LogP contribution in [0.5, 0.6) is 5.75 Å². The standard InChI is InChI=1S/C14H10BrCl2F2NO/c15-9-1-3-11(16)8(5-9)7-20-10-2-4-13(12(17)6-10)21-14(18)19/h1-6,14,20H,7H2. The fourth-order valence-corrected chi connectivity index (χ4v) is 2.50. The van der Waals surface area contributed by atoms with Crippen molar-refractivity contribution >= 4 is 44.8 Å². The minimum atomic E-state index is -2.90. The minimum Gasteiger partial charge on any atom is -0.433 e. The highest BCUT2D eigenvalue weighted by Gasteiger charge is 2.09. The van der Waals surface area contributed by atoms with E-state index in [4.69, 9.17) is 23.2 Å². The predicted octanol–water partition coefficient (Wildman–Crippen LogP) is 5.97. The summed E-state index contributed by atoms with van der Waals surface area (Å²) in [6.07, 6.45) is 0. The van der Waals surface area contributed by atoms with Crippen molar-refractivity contribution in [2.24, 2.45) is 0 Å². The Balaban J connectivity index is 2.07. The van der Waals surface area contributed by atoms with Crippen LogP contribution in [0.4, 0.5) is 14.5 Å². The second kappa shape index (κ2) is 7.29. The number of anilines is 1. The molecule has 2 nitrogen and oxygen atoms in total. The van der Waals surface area contributed by atoms with E-state index >= 15 is 0 Å². The van der Waals surface area contributed by atoms with Gasteiger partial charge in [0.1, 0.15) is 5.75 Å². The smallest absolute Gasteiger partial charge is 0.387 e. The zero-order chi connectivity index (χ0) is 15.4. The van der Waals surface area contributed by atoms with Crippen molar-refractivity contribution in [1.82, 2.24) is 0 Å². The van der Waals surface area contributed by atoms with Crippen LogP contribution >= 0.6 is 39.1 Å². The van der Waals surface area contributed by atoms with Crippen LogP contribution in [0.1, 0.15) is 5.56 Å². The van der Waals surface area contributed by atoms with Crippen LogP contribution in [0.15, 0.2) is 40.9 Å². The molecule has 0 heterocycles. The summed E-state index contributed by atoms with van der Waals surface area (Å²) in [6.45, 7) is -2.43. The van der Waals surface area contributed by atoms with Crippen molar-refractivity contribution in [2.75, 3.05) is 5.32 Å². The van der Waals surface area contributed by atoms with Crippen molar-refractivity contribution in [1.29, 1.82) is 0 Å². The van der Waals surface area contributed by atoms with Gasteiger partial charge < -0.3 is 10.1 Å². The van der Waals surface area contributed by atoms with E-state index in [1.807, 2.05) is 12.1 Å². The molecule has 0 aliphatic carbocycles. The Hall–Kier alpha value is -1.04. The monoisotopic (exact) mass is 395 g/mol. The quantitative estimate of drug-likeness (QED) is 0.672. The Labute approximate surface area is 139 Å². The summed E-state index contributed by atoms with van der Waals surface area (Å²) < 4.78 is 29.5. The lowest BCUT2D eigenvalue weighted by atomic mass is 10.2. The first kappa shape index (κ1) is 16.3. The van der Waals surface area contributed by atoms with E-state index < -0.39 is 6.61 Å². The molecule has 112 valence electrons. The van der Waals surface area contributed by atoms with Crippen LogP contribution in [-0.2, 0) is 6.54 Å². The molecule has 0 amide bonds. The van der Waals surface area contributed by atoms with Crippen molar-refractivity contribution in [2.45, 2.75) is 13.2 Å². The van der Waals surface area contributed by atoms with Gasteiger partial charge in [0.25, 0.3) is 0 Å². The summed E-state index contributed by atoms with van der Waals surface area (Å²) >= 11 is 15.3. The van der Waals surface area contributed by atoms with E-state index in [1.54, 1.807) is 12.1 Å². The molecule has 0 aromatic heterocycles. The molecule has 0 unspecified atom stereocenters. The second-order valence-electron chi connectivity index (χ2n) is 4.11. The summed E-state index contributed by atoms with van der Waals surface area (Å²) in [7, 11) is 0. The lowest BCUT2D eigenvalue weighted by molar-refractivity contribution is -0.0497. The maximum Gasteiger partial charge on any atom is 0.387 e. The summed E-state index contributed by atoms with van der Waals surface area (Å²) in [5, 5.41) is 3.86. The van der Waals surface area contributed by atoms with Crippen LogP contribution in [0.2, 0.25) is 10.0 Å². The van der Waals surface area contributed by atoms with Crippen LogP contribution in [0.25, 0.3) is 0 Å². The third-order valence-corrected chi connectivity index (χ3v) is 3.80. The van der Waals surface area contributed by atoms with Crippen LogP contribution < -0.4 is 10.1 Å². The van der Waals surface area contributed by atoms with Gasteiger partial charge in [0.2, 0.25) is 0 Å². The first-order valence-corrected chi connectivity index (χ1v) is 7.43. The number of nitrogens with one attached hydrogen (secondary N) is 1. The third kappa shape index (κ3) is 4.73. The summed E-state index contributed by atoms with van der Waals surface area (Å²) in [5.74, 6) is -0.0577. The van der Waals surface area contributed by atoms with Gasteiger partial charge in [-0.05, 0) is 42.0 Å². The van der Waals surface area contributed by atoms with E-state index in [9.17, 15) is 8.78 Å². The van der Waals surface area contributed by atoms with E-state index in [0.717, 1.165) is 10.0 Å². The fraction of sp³-hybridized carbons (Fsp3) is 0.143. The van der Waals surface area contributed by atoms with E-state index in [2.05, 4.69) is 26.0 Å². The zero-order valence-electron chi connectivity index (χ0n) is 10.5. The van der Waals surface area contributed by atoms with E-state index in [-0.39, 0.29) is 10.8 Å². The Morgan fingerprint density at radius 2 is 1.86 bits per heavy atom. The molecule has 21 heavy (non-hydrogen) atoms. The maximum absolute atomic E-state index is 12.1. The number of ether oxygens (including phenoxy) is 1. The van der Waals surface area contributed by atoms with Crippen molar-refractivity contribution in [3.8, 4) is 5.75 Å².